The maximum absolute atomic E-state index is 13.4. The lowest BCUT2D eigenvalue weighted by Crippen LogP contribution is -2.42. The zero-order valence-corrected chi connectivity index (χ0v) is 20.4. The highest BCUT2D eigenvalue weighted by molar-refractivity contribution is 6.11. The van der Waals surface area contributed by atoms with Gasteiger partial charge in [-0.3, -0.25) is 14.2 Å². The second kappa shape index (κ2) is 7.30. The second-order valence-corrected chi connectivity index (χ2v) is 10.4. The van der Waals surface area contributed by atoms with Gasteiger partial charge in [-0.25, -0.2) is 4.99 Å². The molecular weight excluding hydrogens is 434 g/mol. The molecule has 0 aromatic carbocycles. The van der Waals surface area contributed by atoms with Crippen LogP contribution < -0.4 is 16.2 Å². The summed E-state index contributed by atoms with van der Waals surface area (Å²) in [7, 11) is 0. The van der Waals surface area contributed by atoms with Gasteiger partial charge < -0.3 is 24.7 Å². The van der Waals surface area contributed by atoms with Gasteiger partial charge in [-0.2, -0.15) is 0 Å². The molecule has 0 aliphatic carbocycles. The van der Waals surface area contributed by atoms with Gasteiger partial charge in [0.25, 0.3) is 11.5 Å². The van der Waals surface area contributed by atoms with Gasteiger partial charge in [0.2, 0.25) is 6.29 Å². The second-order valence-electron chi connectivity index (χ2n) is 10.4. The minimum Gasteiger partial charge on any atom is -0.343 e. The number of epoxide rings is 1. The van der Waals surface area contributed by atoms with Gasteiger partial charge in [0.15, 0.2) is 6.23 Å². The Morgan fingerprint density at radius 1 is 1.24 bits per heavy atom. The molecule has 34 heavy (non-hydrogen) atoms. The van der Waals surface area contributed by atoms with E-state index in [-0.39, 0.29) is 29.6 Å². The number of fused-ring (bicyclic) bond motifs is 2. The van der Waals surface area contributed by atoms with E-state index in [2.05, 4.69) is 21.4 Å². The van der Waals surface area contributed by atoms with Crippen LogP contribution in [-0.4, -0.2) is 32.8 Å². The Bertz CT molecular complexity index is 1380. The van der Waals surface area contributed by atoms with Crippen molar-refractivity contribution in [1.82, 2.24) is 14.5 Å². The number of hydrogen-bond acceptors (Lipinski definition) is 6. The Labute approximate surface area is 197 Å². The molecule has 1 saturated heterocycles. The fourth-order valence-corrected chi connectivity index (χ4v) is 4.57. The Morgan fingerprint density at radius 2 is 1.97 bits per heavy atom. The van der Waals surface area contributed by atoms with Crippen molar-refractivity contribution >= 4 is 23.0 Å². The predicted molar refractivity (Wildman–Crippen MR) is 129 cm³/mol. The van der Waals surface area contributed by atoms with E-state index >= 15 is 0 Å². The van der Waals surface area contributed by atoms with Crippen molar-refractivity contribution in [2.24, 2.45) is 4.99 Å². The van der Waals surface area contributed by atoms with E-state index in [0.717, 1.165) is 16.8 Å². The van der Waals surface area contributed by atoms with Crippen molar-refractivity contribution < 1.29 is 14.3 Å². The molecule has 2 N–H and O–H groups in total. The minimum absolute atomic E-state index is 0.246. The number of ether oxygens (including phenoxy) is 2. The average Bonchev–Trinajstić information content (AvgIpc) is 3.25. The van der Waals surface area contributed by atoms with Gasteiger partial charge in [-0.05, 0) is 66.2 Å². The molecular formula is C25H29N5O4. The maximum atomic E-state index is 13.4. The molecule has 2 aromatic heterocycles. The molecule has 2 unspecified atom stereocenters. The van der Waals surface area contributed by atoms with Crippen LogP contribution >= 0.6 is 0 Å². The first kappa shape index (κ1) is 22.4. The lowest BCUT2D eigenvalue weighted by Gasteiger charge is -2.22. The first-order valence-electron chi connectivity index (χ1n) is 11.3. The third-order valence-electron chi connectivity index (χ3n) is 6.01. The summed E-state index contributed by atoms with van der Waals surface area (Å²) in [5.41, 5.74) is 5.77. The normalized spacial score (nSPS) is 22.4. The van der Waals surface area contributed by atoms with Crippen molar-refractivity contribution in [2.75, 3.05) is 5.32 Å². The molecule has 0 spiro atoms. The maximum Gasteiger partial charge on any atom is 0.276 e. The Kier molecular flexibility index (Phi) is 4.81. The van der Waals surface area contributed by atoms with E-state index < -0.39 is 5.66 Å². The van der Waals surface area contributed by atoms with Crippen LogP contribution in [0.3, 0.4) is 0 Å². The predicted octanol–water partition coefficient (Wildman–Crippen LogP) is 3.45. The van der Waals surface area contributed by atoms with Crippen LogP contribution in [0, 0.1) is 6.92 Å². The summed E-state index contributed by atoms with van der Waals surface area (Å²) in [4.78, 5) is 30.4. The van der Waals surface area contributed by atoms with Crippen LogP contribution in [0.4, 0.5) is 5.69 Å². The molecule has 9 nitrogen and oxygen atoms in total. The van der Waals surface area contributed by atoms with Crippen LogP contribution in [0.25, 0.3) is 5.57 Å². The zero-order valence-electron chi connectivity index (χ0n) is 20.4. The van der Waals surface area contributed by atoms with Gasteiger partial charge >= 0.3 is 0 Å². The van der Waals surface area contributed by atoms with Crippen molar-refractivity contribution in [3.63, 3.8) is 0 Å². The lowest BCUT2D eigenvalue weighted by molar-refractivity contribution is -0.0572. The van der Waals surface area contributed by atoms with Crippen LogP contribution in [0.5, 0.6) is 0 Å². The summed E-state index contributed by atoms with van der Waals surface area (Å²) < 4.78 is 15.3. The van der Waals surface area contributed by atoms with Gasteiger partial charge in [0, 0.05) is 17.3 Å². The molecule has 3 aliphatic heterocycles. The summed E-state index contributed by atoms with van der Waals surface area (Å²) >= 11 is 0. The fourth-order valence-electron chi connectivity index (χ4n) is 4.57. The van der Waals surface area contributed by atoms with Gasteiger partial charge in [-0.15, -0.1) is 0 Å². The molecule has 0 saturated carbocycles. The topological polar surface area (TPSA) is 102 Å². The molecule has 5 heterocycles. The molecule has 9 heteroatoms. The number of pyridine rings is 1. The number of aryl methyl sites for hydroxylation is 1. The third kappa shape index (κ3) is 3.62. The summed E-state index contributed by atoms with van der Waals surface area (Å²) in [6, 6.07) is 3.63. The summed E-state index contributed by atoms with van der Waals surface area (Å²) in [5, 5.41) is 6.08. The summed E-state index contributed by atoms with van der Waals surface area (Å²) in [6.45, 7) is 13.4. The zero-order chi connectivity index (χ0) is 24.6. The molecule has 0 radical (unpaired) electrons. The van der Waals surface area contributed by atoms with Crippen molar-refractivity contribution in [3.8, 4) is 0 Å². The van der Waals surface area contributed by atoms with E-state index in [4.69, 9.17) is 9.47 Å². The highest BCUT2D eigenvalue weighted by Gasteiger charge is 2.46. The van der Waals surface area contributed by atoms with Gasteiger partial charge in [0.05, 0.1) is 17.5 Å². The van der Waals surface area contributed by atoms with Crippen LogP contribution in [0.15, 0.2) is 40.0 Å². The Morgan fingerprint density at radius 3 is 2.68 bits per heavy atom. The summed E-state index contributed by atoms with van der Waals surface area (Å²) in [5.74, 6) is 0.260. The molecule has 2 atom stereocenters. The quantitative estimate of drug-likeness (QED) is 0.536. The smallest absolute Gasteiger partial charge is 0.276 e. The van der Waals surface area contributed by atoms with E-state index in [1.54, 1.807) is 26.1 Å². The molecule has 5 rings (SSSR count). The number of aromatic nitrogens is 2. The number of allylic oxidation sites excluding steroid dienone is 1. The number of carbonyl (C=O) groups excluding carboxylic acids is 1. The highest BCUT2D eigenvalue weighted by Crippen LogP contribution is 2.40. The van der Waals surface area contributed by atoms with E-state index in [1.807, 2.05) is 51.4 Å². The minimum atomic E-state index is -0.824. The third-order valence-corrected chi connectivity index (χ3v) is 6.01. The van der Waals surface area contributed by atoms with Crippen molar-refractivity contribution in [2.45, 2.75) is 72.2 Å². The standard InChI is InChI=1S/C25H29N5O4/c1-13-8-10-26-19(15-9-11-29(17(13)15)22-23(33-22)34-24(3,4)5)27-16-12-14(2)18-20(31)28-25(6,7)30(18)21(16)32/h9-12,22-23H,1-7H3,(H,26,27)(H,28,31). The van der Waals surface area contributed by atoms with E-state index in [0.29, 0.717) is 22.8 Å². The Balaban J connectivity index is 1.52. The van der Waals surface area contributed by atoms with Gasteiger partial charge in [-0.1, -0.05) is 5.73 Å². The van der Waals surface area contributed by atoms with Crippen molar-refractivity contribution in [1.29, 1.82) is 0 Å². The first-order valence-corrected chi connectivity index (χ1v) is 11.3. The number of aliphatic imine (C=N–C) groups is 1. The lowest BCUT2D eigenvalue weighted by atomic mass is 10.1. The monoisotopic (exact) mass is 463 g/mol. The van der Waals surface area contributed by atoms with Gasteiger partial charge in [0.1, 0.15) is 22.9 Å². The number of nitrogens with one attached hydrogen (secondary N) is 2. The number of carbonyl (C=O) groups is 1. The van der Waals surface area contributed by atoms with Crippen molar-refractivity contribution in [3.05, 3.63) is 63.1 Å². The number of hydrogen-bond donors (Lipinski definition) is 2. The molecule has 178 valence electrons. The molecule has 2 aromatic rings. The van der Waals surface area contributed by atoms with Crippen LogP contribution in [0.1, 0.15) is 75.1 Å². The SMILES string of the molecule is CC1=C=CN=C(Nc2cc(C)c3n(c2=O)C(C)(C)NC3=O)c2ccn(C3OC3OC(C)(C)C)c21. The van der Waals surface area contributed by atoms with Crippen LogP contribution in [0.2, 0.25) is 0 Å². The van der Waals surface area contributed by atoms with E-state index in [9.17, 15) is 9.59 Å². The first-order chi connectivity index (χ1) is 15.9. The summed E-state index contributed by atoms with van der Waals surface area (Å²) in [6.07, 6.45) is 2.94. The van der Waals surface area contributed by atoms with Crippen LogP contribution in [-0.2, 0) is 15.1 Å². The number of amides is 1. The molecule has 1 fully saturated rings. The Hall–Kier alpha value is -3.39. The number of nitrogens with zero attached hydrogens (tertiary/aromatic N) is 3. The molecule has 1 amide bonds. The number of rotatable bonds is 3. The average molecular weight is 464 g/mol. The number of amidine groups is 1. The van der Waals surface area contributed by atoms with E-state index in [1.165, 1.54) is 4.57 Å². The molecule has 0 bridgehead atoms. The fraction of sp³-hybridized carbons (Fsp3) is 0.440. The number of anilines is 1. The highest BCUT2D eigenvalue weighted by atomic mass is 16.8. The largest absolute Gasteiger partial charge is 0.343 e. The molecule has 3 aliphatic rings.